The number of amides is 1. The molecule has 0 saturated heterocycles. The maximum Gasteiger partial charge on any atom is 0.311 e. The summed E-state index contributed by atoms with van der Waals surface area (Å²) in [4.78, 5) is 21.9. The van der Waals surface area contributed by atoms with Crippen LogP contribution in [0.25, 0.3) is 0 Å². The summed E-state index contributed by atoms with van der Waals surface area (Å²) in [5, 5.41) is 25.9. The van der Waals surface area contributed by atoms with Gasteiger partial charge >= 0.3 is 5.69 Å². The van der Waals surface area contributed by atoms with Crippen molar-refractivity contribution in [3.63, 3.8) is 0 Å². The fraction of sp³-hybridized carbons (Fsp3) is 0.235. The van der Waals surface area contributed by atoms with E-state index in [1.807, 2.05) is 0 Å². The van der Waals surface area contributed by atoms with Crippen LogP contribution in [0.4, 0.5) is 10.1 Å². The Balaban J connectivity index is 1.70. The number of phenols is 1. The number of nitro benzene ring substituents is 1. The maximum absolute atomic E-state index is 13.0. The summed E-state index contributed by atoms with van der Waals surface area (Å²) in [5.41, 5.74) is 0.903. The number of nitrogens with one attached hydrogen (secondary N) is 2. The molecule has 25 heavy (non-hydrogen) atoms. The molecule has 2 rings (SSSR count). The Morgan fingerprint density at radius 2 is 1.96 bits per heavy atom. The van der Waals surface area contributed by atoms with Crippen molar-refractivity contribution < 1.29 is 19.2 Å². The average Bonchev–Trinajstić information content (AvgIpc) is 2.55. The van der Waals surface area contributed by atoms with Gasteiger partial charge in [-0.2, -0.15) is 0 Å². The maximum atomic E-state index is 13.0. The molecule has 8 heteroatoms. The fourth-order valence-corrected chi connectivity index (χ4v) is 2.24. The third-order valence-corrected chi connectivity index (χ3v) is 3.44. The molecule has 0 unspecified atom stereocenters. The van der Waals surface area contributed by atoms with Gasteiger partial charge in [-0.25, -0.2) is 4.39 Å². The Bertz CT molecular complexity index is 767. The number of halogens is 1. The molecular weight excluding hydrogens is 329 g/mol. The monoisotopic (exact) mass is 347 g/mol. The third kappa shape index (κ3) is 5.85. The smallest absolute Gasteiger partial charge is 0.311 e. The molecule has 1 amide bonds. The van der Waals surface area contributed by atoms with Crippen LogP contribution in [0, 0.1) is 15.9 Å². The highest BCUT2D eigenvalue weighted by molar-refractivity contribution is 5.78. The second-order valence-corrected chi connectivity index (χ2v) is 5.41. The number of hydrogen-bond acceptors (Lipinski definition) is 5. The molecule has 0 aliphatic heterocycles. The van der Waals surface area contributed by atoms with Gasteiger partial charge in [-0.1, -0.05) is 18.2 Å². The predicted molar refractivity (Wildman–Crippen MR) is 89.6 cm³/mol. The summed E-state index contributed by atoms with van der Waals surface area (Å²) in [5.74, 6) is -0.971. The van der Waals surface area contributed by atoms with E-state index >= 15 is 0 Å². The van der Waals surface area contributed by atoms with Crippen molar-refractivity contribution in [2.45, 2.75) is 13.0 Å². The molecule has 0 saturated carbocycles. The largest absolute Gasteiger partial charge is 0.502 e. The zero-order valence-electron chi connectivity index (χ0n) is 13.4. The summed E-state index contributed by atoms with van der Waals surface area (Å²) in [7, 11) is 0. The molecule has 0 bridgehead atoms. The van der Waals surface area contributed by atoms with E-state index in [4.69, 9.17) is 0 Å². The van der Waals surface area contributed by atoms with Crippen LogP contribution in [0.15, 0.2) is 42.5 Å². The molecule has 0 radical (unpaired) electrons. The van der Waals surface area contributed by atoms with Gasteiger partial charge in [0.05, 0.1) is 11.3 Å². The number of phenolic OH excluding ortho intramolecular Hbond substituents is 1. The lowest BCUT2D eigenvalue weighted by atomic mass is 10.1. The number of hydrogen-bond donors (Lipinski definition) is 3. The second kappa shape index (κ2) is 8.74. The number of aromatic hydroxyl groups is 1. The summed E-state index contributed by atoms with van der Waals surface area (Å²) in [6.45, 7) is 1.19. The minimum absolute atomic E-state index is 0.0991. The molecule has 0 aromatic heterocycles. The summed E-state index contributed by atoms with van der Waals surface area (Å²) < 4.78 is 13.0. The van der Waals surface area contributed by atoms with Crippen molar-refractivity contribution in [3.8, 4) is 5.75 Å². The van der Waals surface area contributed by atoms with Crippen molar-refractivity contribution in [1.82, 2.24) is 10.6 Å². The van der Waals surface area contributed by atoms with Crippen LogP contribution < -0.4 is 10.6 Å². The minimum Gasteiger partial charge on any atom is -0.502 e. The van der Waals surface area contributed by atoms with E-state index in [0.29, 0.717) is 30.8 Å². The van der Waals surface area contributed by atoms with Crippen molar-refractivity contribution >= 4 is 11.6 Å². The normalized spacial score (nSPS) is 10.4. The van der Waals surface area contributed by atoms with Crippen molar-refractivity contribution in [3.05, 3.63) is 69.5 Å². The number of nitro groups is 1. The van der Waals surface area contributed by atoms with E-state index in [1.54, 1.807) is 18.2 Å². The Hall–Kier alpha value is -3.00. The first-order chi connectivity index (χ1) is 12.0. The quantitative estimate of drug-likeness (QED) is 0.384. The Kier molecular flexibility index (Phi) is 6.41. The number of carbonyl (C=O) groups is 1. The van der Waals surface area contributed by atoms with Gasteiger partial charge in [-0.05, 0) is 29.3 Å². The molecule has 0 heterocycles. The van der Waals surface area contributed by atoms with E-state index in [2.05, 4.69) is 10.6 Å². The van der Waals surface area contributed by atoms with Crippen molar-refractivity contribution in [2.75, 3.05) is 13.1 Å². The molecule has 0 atom stereocenters. The van der Waals surface area contributed by atoms with E-state index in [0.717, 1.165) is 0 Å². The van der Waals surface area contributed by atoms with E-state index < -0.39 is 4.92 Å². The molecule has 7 nitrogen and oxygen atoms in total. The van der Waals surface area contributed by atoms with Crippen LogP contribution in [0.5, 0.6) is 5.75 Å². The van der Waals surface area contributed by atoms with Crippen molar-refractivity contribution in [2.24, 2.45) is 0 Å². The fourth-order valence-electron chi connectivity index (χ4n) is 2.24. The Morgan fingerprint density at radius 3 is 2.68 bits per heavy atom. The second-order valence-electron chi connectivity index (χ2n) is 5.41. The van der Waals surface area contributed by atoms with Gasteiger partial charge in [-0.15, -0.1) is 0 Å². The predicted octanol–water partition coefficient (Wildman–Crippen LogP) is 1.89. The summed E-state index contributed by atoms with van der Waals surface area (Å²) >= 11 is 0. The molecule has 2 aromatic carbocycles. The third-order valence-electron chi connectivity index (χ3n) is 3.44. The highest BCUT2D eigenvalue weighted by Gasteiger charge is 2.13. The van der Waals surface area contributed by atoms with E-state index in [1.165, 1.54) is 24.3 Å². The van der Waals surface area contributed by atoms with Gasteiger partial charge in [0.15, 0.2) is 5.75 Å². The van der Waals surface area contributed by atoms with Crippen LogP contribution in [-0.4, -0.2) is 29.0 Å². The number of carbonyl (C=O) groups excluding carboxylic acids is 1. The van der Waals surface area contributed by atoms with Crippen LogP contribution in [0.3, 0.4) is 0 Å². The van der Waals surface area contributed by atoms with Gasteiger partial charge in [0.2, 0.25) is 5.91 Å². The lowest BCUT2D eigenvalue weighted by molar-refractivity contribution is -0.385. The number of rotatable bonds is 8. The van der Waals surface area contributed by atoms with Crippen LogP contribution in [0.2, 0.25) is 0 Å². The van der Waals surface area contributed by atoms with Gasteiger partial charge in [0.25, 0.3) is 0 Å². The topological polar surface area (TPSA) is 104 Å². The van der Waals surface area contributed by atoms with E-state index in [-0.39, 0.29) is 29.6 Å². The first kappa shape index (κ1) is 18.3. The number of benzene rings is 2. The Morgan fingerprint density at radius 1 is 1.16 bits per heavy atom. The van der Waals surface area contributed by atoms with E-state index in [9.17, 15) is 24.4 Å². The first-order valence-electron chi connectivity index (χ1n) is 7.64. The lowest BCUT2D eigenvalue weighted by Crippen LogP contribution is -2.32. The molecule has 0 aliphatic rings. The number of nitrogens with zero attached hydrogens (tertiary/aromatic N) is 1. The van der Waals surface area contributed by atoms with Crippen molar-refractivity contribution in [1.29, 1.82) is 0 Å². The zero-order chi connectivity index (χ0) is 18.2. The van der Waals surface area contributed by atoms with Gasteiger partial charge in [0.1, 0.15) is 5.82 Å². The van der Waals surface area contributed by atoms with Gasteiger partial charge in [0, 0.05) is 25.7 Å². The summed E-state index contributed by atoms with van der Waals surface area (Å²) in [6, 6.07) is 10.0. The zero-order valence-corrected chi connectivity index (χ0v) is 13.4. The summed E-state index contributed by atoms with van der Waals surface area (Å²) in [6.07, 6.45) is 0.0991. The highest BCUT2D eigenvalue weighted by Crippen LogP contribution is 2.26. The molecule has 0 spiro atoms. The lowest BCUT2D eigenvalue weighted by Gasteiger charge is -2.08. The highest BCUT2D eigenvalue weighted by atomic mass is 19.1. The molecule has 132 valence electrons. The first-order valence-corrected chi connectivity index (χ1v) is 7.64. The molecule has 0 aliphatic carbocycles. The van der Waals surface area contributed by atoms with Gasteiger partial charge in [-0.3, -0.25) is 14.9 Å². The minimum atomic E-state index is -0.647. The molecule has 0 fully saturated rings. The SMILES string of the molecule is O=C(Cc1cccc(F)c1)NCCNCc1ccc(O)c([N+](=O)[O-])c1. The molecule has 2 aromatic rings. The molecule has 3 N–H and O–H groups in total. The molecular formula is C17H18FN3O4. The standard InChI is InChI=1S/C17H18FN3O4/c18-14-3-1-2-12(8-14)10-17(23)20-7-6-19-11-13-4-5-16(22)15(9-13)21(24)25/h1-5,8-9,19,22H,6-7,10-11H2,(H,20,23). The van der Waals surface area contributed by atoms with Crippen LogP contribution in [0.1, 0.15) is 11.1 Å². The van der Waals surface area contributed by atoms with Gasteiger partial charge < -0.3 is 15.7 Å². The van der Waals surface area contributed by atoms with Crippen LogP contribution in [-0.2, 0) is 17.8 Å². The van der Waals surface area contributed by atoms with Crippen LogP contribution >= 0.6 is 0 Å². The average molecular weight is 347 g/mol. The Labute approximate surface area is 143 Å².